The van der Waals surface area contributed by atoms with Crippen molar-refractivity contribution in [2.45, 2.75) is 68.7 Å². The van der Waals surface area contributed by atoms with Crippen LogP contribution in [0, 0.1) is 16.7 Å². The Balaban J connectivity index is 1.64. The summed E-state index contributed by atoms with van der Waals surface area (Å²) < 4.78 is 5.39. The van der Waals surface area contributed by atoms with Gasteiger partial charge < -0.3 is 25.2 Å². The Morgan fingerprint density at radius 1 is 1.15 bits per heavy atom. The molecule has 1 aromatic rings. The van der Waals surface area contributed by atoms with Gasteiger partial charge in [0.1, 0.15) is 17.0 Å². The van der Waals surface area contributed by atoms with E-state index in [1.165, 1.54) is 11.1 Å². The molecule has 0 aromatic heterocycles. The topological polar surface area (TPSA) is 90.2 Å². The molecule has 7 atom stereocenters. The first-order valence-corrected chi connectivity index (χ1v) is 10.2. The molecule has 0 radical (unpaired) electrons. The minimum absolute atomic E-state index is 0.196. The third-order valence-corrected chi connectivity index (χ3v) is 9.32. The highest BCUT2D eigenvalue weighted by Crippen LogP contribution is 2.79. The van der Waals surface area contributed by atoms with Crippen LogP contribution in [0.1, 0.15) is 56.1 Å². The summed E-state index contributed by atoms with van der Waals surface area (Å²) >= 11 is 0. The van der Waals surface area contributed by atoms with Crippen LogP contribution in [0.2, 0.25) is 0 Å². The van der Waals surface area contributed by atoms with Gasteiger partial charge in [-0.15, -0.1) is 0 Å². The SMILES string of the molecule is COc1ccc2c(c1)CC[C@@H]1[C@@H]2CC[C@@]2(C)[C@]13CC[C@@]2(O)[C@](O)(CO)[C@H]3O. The van der Waals surface area contributed by atoms with E-state index in [0.717, 1.165) is 31.4 Å². The molecule has 2 bridgehead atoms. The summed E-state index contributed by atoms with van der Waals surface area (Å²) in [5.41, 5.74) is -1.77. The van der Waals surface area contributed by atoms with Crippen molar-refractivity contribution in [1.29, 1.82) is 0 Å². The van der Waals surface area contributed by atoms with Gasteiger partial charge in [-0.2, -0.15) is 0 Å². The third kappa shape index (κ3) is 1.68. The molecule has 0 amide bonds. The summed E-state index contributed by atoms with van der Waals surface area (Å²) in [6, 6.07) is 6.29. The molecule has 1 aromatic carbocycles. The van der Waals surface area contributed by atoms with Gasteiger partial charge in [-0.3, -0.25) is 0 Å². The van der Waals surface area contributed by atoms with Crippen LogP contribution < -0.4 is 4.74 Å². The van der Waals surface area contributed by atoms with Gasteiger partial charge in [0.25, 0.3) is 0 Å². The number of aliphatic hydroxyl groups excluding tert-OH is 2. The minimum atomic E-state index is -1.84. The number of benzene rings is 1. The molecule has 5 rings (SSSR count). The van der Waals surface area contributed by atoms with Gasteiger partial charge in [0, 0.05) is 10.8 Å². The number of rotatable bonds is 2. The van der Waals surface area contributed by atoms with Gasteiger partial charge >= 0.3 is 0 Å². The first kappa shape index (κ1) is 17.9. The Morgan fingerprint density at radius 3 is 2.63 bits per heavy atom. The van der Waals surface area contributed by atoms with Crippen LogP contribution in [0.4, 0.5) is 0 Å². The number of ether oxygens (including phenoxy) is 1. The Hall–Kier alpha value is -1.14. The molecule has 0 saturated heterocycles. The molecule has 5 nitrogen and oxygen atoms in total. The van der Waals surface area contributed by atoms with Gasteiger partial charge in [-0.1, -0.05) is 13.0 Å². The highest BCUT2D eigenvalue weighted by molar-refractivity contribution is 5.44. The smallest absolute Gasteiger partial charge is 0.143 e. The first-order chi connectivity index (χ1) is 12.8. The van der Waals surface area contributed by atoms with Crippen LogP contribution in [0.5, 0.6) is 5.75 Å². The summed E-state index contributed by atoms with van der Waals surface area (Å²) in [6.07, 6.45) is 3.55. The number of methoxy groups -OCH3 is 1. The van der Waals surface area contributed by atoms with Crippen LogP contribution >= 0.6 is 0 Å². The summed E-state index contributed by atoms with van der Waals surface area (Å²) in [5, 5.41) is 44.0. The summed E-state index contributed by atoms with van der Waals surface area (Å²) in [5.74, 6) is 1.38. The average Bonchev–Trinajstić information content (AvgIpc) is 3.00. The van der Waals surface area contributed by atoms with Crippen LogP contribution in [0.25, 0.3) is 0 Å². The average molecular weight is 374 g/mol. The van der Waals surface area contributed by atoms with Gasteiger partial charge in [0.05, 0.1) is 19.8 Å². The van der Waals surface area contributed by atoms with Gasteiger partial charge in [0.15, 0.2) is 0 Å². The molecule has 5 heteroatoms. The second-order valence-electron chi connectivity index (χ2n) is 9.57. The molecule has 0 spiro atoms. The van der Waals surface area contributed by atoms with Gasteiger partial charge in [0.2, 0.25) is 0 Å². The van der Waals surface area contributed by atoms with Crippen molar-refractivity contribution in [3.8, 4) is 5.75 Å². The second-order valence-corrected chi connectivity index (χ2v) is 9.57. The molecule has 27 heavy (non-hydrogen) atoms. The molecule has 3 saturated carbocycles. The van der Waals surface area contributed by atoms with Crippen LogP contribution in [0.15, 0.2) is 18.2 Å². The number of aliphatic hydroxyl groups is 4. The van der Waals surface area contributed by atoms with Crippen molar-refractivity contribution in [2.75, 3.05) is 13.7 Å². The largest absolute Gasteiger partial charge is 0.497 e. The standard InChI is InChI=1S/C22H30O5/c1-19-8-7-16-15-5-4-14(27-2)11-13(15)3-6-17(16)20(19)9-10-22(19,26)21(25,12-23)18(20)24/h4-5,11,16-18,23-26H,3,6-10,12H2,1-2H3/t16-,17-,18+,19+,20-,21+,22+/m1/s1. The predicted molar refractivity (Wildman–Crippen MR) is 99.5 cm³/mol. The van der Waals surface area contributed by atoms with Gasteiger partial charge in [-0.05, 0) is 73.6 Å². The Kier molecular flexibility index (Phi) is 3.49. The lowest BCUT2D eigenvalue weighted by atomic mass is 9.47. The monoisotopic (exact) mass is 374 g/mol. The van der Waals surface area contributed by atoms with Crippen molar-refractivity contribution in [2.24, 2.45) is 16.7 Å². The zero-order valence-corrected chi connectivity index (χ0v) is 16.1. The number of hydrogen-bond donors (Lipinski definition) is 4. The van der Waals surface area contributed by atoms with E-state index in [0.29, 0.717) is 18.8 Å². The normalized spacial score (nSPS) is 50.1. The van der Waals surface area contributed by atoms with E-state index in [-0.39, 0.29) is 5.92 Å². The van der Waals surface area contributed by atoms with Crippen molar-refractivity contribution in [3.63, 3.8) is 0 Å². The third-order valence-electron chi connectivity index (χ3n) is 9.32. The predicted octanol–water partition coefficient (Wildman–Crippen LogP) is 1.75. The molecule has 148 valence electrons. The fourth-order valence-corrected chi connectivity index (χ4v) is 8.00. The van der Waals surface area contributed by atoms with Crippen molar-refractivity contribution in [3.05, 3.63) is 29.3 Å². The summed E-state index contributed by atoms with van der Waals surface area (Å²) in [7, 11) is 1.68. The van der Waals surface area contributed by atoms with E-state index in [9.17, 15) is 20.4 Å². The summed E-state index contributed by atoms with van der Waals surface area (Å²) in [4.78, 5) is 0. The molecule has 0 heterocycles. The Bertz CT molecular complexity index is 795. The molecule has 4 aliphatic carbocycles. The van der Waals surface area contributed by atoms with E-state index in [1.54, 1.807) is 7.11 Å². The highest BCUT2D eigenvalue weighted by Gasteiger charge is 2.85. The molecular formula is C22H30O5. The molecule has 3 fully saturated rings. The maximum Gasteiger partial charge on any atom is 0.143 e. The van der Waals surface area contributed by atoms with Crippen molar-refractivity contribution in [1.82, 2.24) is 0 Å². The van der Waals surface area contributed by atoms with Crippen LogP contribution in [-0.2, 0) is 6.42 Å². The number of hydrogen-bond acceptors (Lipinski definition) is 5. The maximum absolute atomic E-state index is 11.5. The quantitative estimate of drug-likeness (QED) is 0.633. The van der Waals surface area contributed by atoms with E-state index in [2.05, 4.69) is 12.1 Å². The van der Waals surface area contributed by atoms with E-state index in [1.807, 2.05) is 13.0 Å². The molecule has 4 aliphatic rings. The van der Waals surface area contributed by atoms with Gasteiger partial charge in [-0.25, -0.2) is 0 Å². The molecular weight excluding hydrogens is 344 g/mol. The fraction of sp³-hybridized carbons (Fsp3) is 0.727. The Morgan fingerprint density at radius 2 is 1.93 bits per heavy atom. The lowest BCUT2D eigenvalue weighted by molar-refractivity contribution is -0.220. The minimum Gasteiger partial charge on any atom is -0.497 e. The van der Waals surface area contributed by atoms with Crippen LogP contribution in [0.3, 0.4) is 0 Å². The van der Waals surface area contributed by atoms with Crippen LogP contribution in [-0.4, -0.2) is 51.4 Å². The van der Waals surface area contributed by atoms with E-state index >= 15 is 0 Å². The van der Waals surface area contributed by atoms with Crippen molar-refractivity contribution < 1.29 is 25.2 Å². The zero-order chi connectivity index (χ0) is 19.2. The second kappa shape index (κ2) is 5.26. The molecule has 0 unspecified atom stereocenters. The Labute approximate surface area is 160 Å². The number of aryl methyl sites for hydroxylation is 1. The van der Waals surface area contributed by atoms with E-state index in [4.69, 9.17) is 4.74 Å². The first-order valence-electron chi connectivity index (χ1n) is 10.2. The highest BCUT2D eigenvalue weighted by atomic mass is 16.5. The summed E-state index contributed by atoms with van der Waals surface area (Å²) in [6.45, 7) is 1.43. The molecule has 4 N–H and O–H groups in total. The number of fused-ring (bicyclic) bond motifs is 3. The van der Waals surface area contributed by atoms with E-state index < -0.39 is 34.7 Å². The lowest BCUT2D eigenvalue weighted by Gasteiger charge is -2.57. The lowest BCUT2D eigenvalue weighted by Crippen LogP contribution is -2.63. The van der Waals surface area contributed by atoms with Crippen molar-refractivity contribution >= 4 is 0 Å². The maximum atomic E-state index is 11.5. The molecule has 0 aliphatic heterocycles. The fourth-order valence-electron chi connectivity index (χ4n) is 8.00. The zero-order valence-electron chi connectivity index (χ0n) is 16.1.